The number of nitrogens with zero attached hydrogens (tertiary/aromatic N) is 4. The van der Waals surface area contributed by atoms with Crippen molar-refractivity contribution in [1.29, 1.82) is 0 Å². The van der Waals surface area contributed by atoms with E-state index in [9.17, 15) is 19.5 Å². The monoisotopic (exact) mass is 572 g/mol. The lowest BCUT2D eigenvalue weighted by Crippen LogP contribution is -2.71. The Morgan fingerprint density at radius 3 is 2.92 bits per heavy atom. The van der Waals surface area contributed by atoms with E-state index in [2.05, 4.69) is 20.6 Å². The molecule has 3 aromatic rings. The van der Waals surface area contributed by atoms with E-state index in [1.54, 1.807) is 5.38 Å². The second-order valence-electron chi connectivity index (χ2n) is 8.82. The van der Waals surface area contributed by atoms with Gasteiger partial charge in [0.2, 0.25) is 11.2 Å². The molecular weight excluding hydrogens is 546 g/mol. The zero-order valence-corrected chi connectivity index (χ0v) is 22.7. The van der Waals surface area contributed by atoms with Crippen molar-refractivity contribution in [1.82, 2.24) is 20.3 Å². The average molecular weight is 573 g/mol. The molecule has 0 radical (unpaired) electrons. The number of rotatable bonds is 10. The molecule has 5 rings (SSSR count). The molecule has 5 N–H and O–H groups in total. The number of aromatic nitrogens is 3. The van der Waals surface area contributed by atoms with Crippen LogP contribution < -0.4 is 15.6 Å². The topological polar surface area (TPSA) is 176 Å². The maximum absolute atomic E-state index is 13.2. The maximum Gasteiger partial charge on any atom is 0.352 e. The van der Waals surface area contributed by atoms with Gasteiger partial charge in [-0.2, -0.15) is 5.10 Å². The minimum atomic E-state index is -1.19. The number of fused-ring (bicyclic) bond motifs is 2. The molecule has 0 aliphatic carbocycles. The van der Waals surface area contributed by atoms with Crippen molar-refractivity contribution in [2.75, 3.05) is 31.8 Å². The molecule has 15 heteroatoms. The van der Waals surface area contributed by atoms with E-state index in [0.717, 1.165) is 28.1 Å². The second kappa shape index (κ2) is 11.0. The maximum atomic E-state index is 13.2. The number of hydrogen-bond acceptors (Lipinski definition) is 10. The molecule has 0 bridgehead atoms. The summed E-state index contributed by atoms with van der Waals surface area (Å²) in [6.45, 7) is 2.33. The van der Waals surface area contributed by atoms with E-state index < -0.39 is 29.2 Å². The molecule has 204 valence electrons. The van der Waals surface area contributed by atoms with E-state index in [0.29, 0.717) is 17.7 Å². The van der Waals surface area contributed by atoms with E-state index >= 15 is 0 Å². The smallest absolute Gasteiger partial charge is 0.352 e. The number of carbonyl (C=O) groups is 3. The standard InChI is InChI=1S/C24H25N7O6S2/c1-12-4-3-5-16-13(9-26-31(12)16)8-14-10-38-22-18(21(33)30(22)19(14)23(34)35)28-20(32)17(29-37-7-6-36-2)15-11-39-24(25)27-15/h3-5,9,11,18,22H,6-8,10H2,1-2H3,(H4,25,27,28,32,34,35)/p+1/b29-17-/t18-,22-/m1/s1. The summed E-state index contributed by atoms with van der Waals surface area (Å²) in [6.07, 6.45) is 2.20. The average Bonchev–Trinajstić information content (AvgIpc) is 3.53. The van der Waals surface area contributed by atoms with Crippen LogP contribution in [-0.4, -0.2) is 81.1 Å². The van der Waals surface area contributed by atoms with Crippen LogP contribution >= 0.6 is 23.1 Å². The number of nitrogens with one attached hydrogen (secondary N) is 2. The first-order chi connectivity index (χ1) is 18.8. The number of amides is 2. The Morgan fingerprint density at radius 2 is 2.21 bits per heavy atom. The van der Waals surface area contributed by atoms with Crippen LogP contribution in [0.15, 0.2) is 46.2 Å². The quantitative estimate of drug-likeness (QED) is 0.0883. The number of aromatic amines is 1. The lowest BCUT2D eigenvalue weighted by Gasteiger charge is -2.49. The zero-order valence-electron chi connectivity index (χ0n) is 21.0. The Bertz CT molecular complexity index is 1510. The first-order valence-electron chi connectivity index (χ1n) is 11.9. The fourth-order valence-corrected chi connectivity index (χ4v) is 6.38. The molecule has 0 unspecified atom stereocenters. The predicted molar refractivity (Wildman–Crippen MR) is 143 cm³/mol. The van der Waals surface area contributed by atoms with Gasteiger partial charge < -0.3 is 25.7 Å². The molecule has 39 heavy (non-hydrogen) atoms. The highest BCUT2D eigenvalue weighted by molar-refractivity contribution is 8.00. The number of thioether (sulfide) groups is 1. The Morgan fingerprint density at radius 1 is 1.38 bits per heavy atom. The first-order valence-corrected chi connectivity index (χ1v) is 13.8. The fraction of sp³-hybridized carbons (Fsp3) is 0.333. The molecule has 2 aliphatic rings. The molecule has 5 heterocycles. The number of pyridine rings is 1. The van der Waals surface area contributed by atoms with Gasteiger partial charge in [-0.1, -0.05) is 9.67 Å². The summed E-state index contributed by atoms with van der Waals surface area (Å²) in [5.41, 5.74) is 9.20. The van der Waals surface area contributed by atoms with Crippen molar-refractivity contribution in [3.05, 3.63) is 58.0 Å². The van der Waals surface area contributed by atoms with Crippen LogP contribution in [-0.2, 0) is 30.4 Å². The summed E-state index contributed by atoms with van der Waals surface area (Å²) in [4.78, 5) is 49.2. The van der Waals surface area contributed by atoms with Crippen molar-refractivity contribution in [2.45, 2.75) is 24.8 Å². The number of aliphatic carboxylic acids is 1. The van der Waals surface area contributed by atoms with Crippen LogP contribution in [0.3, 0.4) is 0 Å². The van der Waals surface area contributed by atoms with Crippen LogP contribution in [0.25, 0.3) is 5.52 Å². The number of nitrogens with two attached hydrogens (primary N) is 1. The summed E-state index contributed by atoms with van der Waals surface area (Å²) in [6, 6.07) is 4.92. The molecule has 1 saturated heterocycles. The minimum absolute atomic E-state index is 0.0506. The summed E-state index contributed by atoms with van der Waals surface area (Å²) in [5, 5.41) is 21.0. The minimum Gasteiger partial charge on any atom is -0.477 e. The van der Waals surface area contributed by atoms with E-state index in [-0.39, 0.29) is 35.4 Å². The zero-order chi connectivity index (χ0) is 27.7. The molecule has 3 aromatic heterocycles. The predicted octanol–water partition coefficient (Wildman–Crippen LogP) is 0.449. The molecule has 0 spiro atoms. The molecular formula is C24H26N7O6S2+. The van der Waals surface area contributed by atoms with Gasteiger partial charge in [0.1, 0.15) is 29.4 Å². The number of methoxy groups -OCH3 is 1. The van der Waals surface area contributed by atoms with Crippen molar-refractivity contribution >= 4 is 57.2 Å². The Labute approximate surface area is 230 Å². The van der Waals surface area contributed by atoms with Gasteiger partial charge in [0.05, 0.1) is 18.4 Å². The Kier molecular flexibility index (Phi) is 7.54. The van der Waals surface area contributed by atoms with Gasteiger partial charge in [-0.05, 0) is 11.6 Å². The largest absolute Gasteiger partial charge is 0.477 e. The van der Waals surface area contributed by atoms with E-state index in [4.69, 9.17) is 15.3 Å². The van der Waals surface area contributed by atoms with Crippen molar-refractivity contribution in [3.8, 4) is 0 Å². The number of β-lactam (4-membered cyclic amide) rings is 1. The number of nitrogen functional groups attached to an aromatic ring is 1. The molecule has 1 fully saturated rings. The number of carbonyl (C=O) groups excluding carboxylic acids is 2. The number of oxime groups is 1. The second-order valence-corrected chi connectivity index (χ2v) is 10.8. The van der Waals surface area contributed by atoms with Gasteiger partial charge in [0.15, 0.2) is 10.8 Å². The first kappa shape index (κ1) is 26.6. The molecule has 0 aromatic carbocycles. The highest BCUT2D eigenvalue weighted by Crippen LogP contribution is 2.41. The number of anilines is 1. The van der Waals surface area contributed by atoms with Crippen molar-refractivity contribution in [3.63, 3.8) is 0 Å². The van der Waals surface area contributed by atoms with Crippen molar-refractivity contribution < 1.29 is 33.6 Å². The van der Waals surface area contributed by atoms with Crippen LogP contribution in [0.1, 0.15) is 17.0 Å². The normalized spacial score (nSPS) is 19.2. The van der Waals surface area contributed by atoms with Crippen LogP contribution in [0.4, 0.5) is 5.13 Å². The Balaban J connectivity index is 1.35. The number of carboxylic acid groups (broad SMARTS) is 1. The highest BCUT2D eigenvalue weighted by atomic mass is 32.2. The number of aryl methyl sites for hydroxylation is 1. The number of carboxylic acids is 1. The van der Waals surface area contributed by atoms with Crippen molar-refractivity contribution in [2.24, 2.45) is 5.16 Å². The van der Waals surface area contributed by atoms with Crippen LogP contribution in [0, 0.1) is 6.92 Å². The van der Waals surface area contributed by atoms with Crippen LogP contribution in [0.2, 0.25) is 0 Å². The Hall–Kier alpha value is -3.95. The van der Waals surface area contributed by atoms with Gasteiger partial charge >= 0.3 is 5.97 Å². The summed E-state index contributed by atoms with van der Waals surface area (Å²) in [5.74, 6) is -2.01. The van der Waals surface area contributed by atoms with Gasteiger partial charge in [-0.15, -0.1) is 23.1 Å². The number of thiazole rings is 1. The summed E-state index contributed by atoms with van der Waals surface area (Å²) >= 11 is 2.52. The lowest BCUT2D eigenvalue weighted by atomic mass is 9.99. The van der Waals surface area contributed by atoms with Gasteiger partial charge in [0.25, 0.3) is 11.8 Å². The third kappa shape index (κ3) is 5.07. The van der Waals surface area contributed by atoms with Gasteiger partial charge in [-0.3, -0.25) is 14.5 Å². The molecule has 2 atom stereocenters. The molecule has 2 amide bonds. The third-order valence-corrected chi connectivity index (χ3v) is 8.35. The highest BCUT2D eigenvalue weighted by Gasteiger charge is 2.54. The van der Waals surface area contributed by atoms with Crippen LogP contribution in [0.5, 0.6) is 0 Å². The fourth-order valence-electron chi connectivity index (χ4n) is 4.49. The molecule has 0 saturated carbocycles. The SMILES string of the molecule is COCCO/N=C(\C(=O)N[C@@H]1C(=O)N2C(C(=O)O)=C(Cc3c[nH][n+]4c(C)cccc34)CS[C@H]12)c1csc(N)n1. The number of hydrogen-bond donors (Lipinski definition) is 4. The summed E-state index contributed by atoms with van der Waals surface area (Å²) in [7, 11) is 1.50. The number of ether oxygens (including phenoxy) is 1. The summed E-state index contributed by atoms with van der Waals surface area (Å²) < 4.78 is 6.84. The van der Waals surface area contributed by atoms with Gasteiger partial charge in [0, 0.05) is 43.7 Å². The molecule has 13 nitrogen and oxygen atoms in total. The molecule has 2 aliphatic heterocycles. The van der Waals surface area contributed by atoms with Gasteiger partial charge in [-0.25, -0.2) is 9.78 Å². The number of H-pyrrole nitrogens is 1. The van der Waals surface area contributed by atoms with E-state index in [1.807, 2.05) is 35.8 Å². The third-order valence-electron chi connectivity index (χ3n) is 6.34. The lowest BCUT2D eigenvalue weighted by molar-refractivity contribution is -0.583. The van der Waals surface area contributed by atoms with E-state index in [1.165, 1.54) is 23.8 Å².